The van der Waals surface area contributed by atoms with Crippen molar-refractivity contribution in [2.45, 2.75) is 24.9 Å². The average Bonchev–Trinajstić information content (AvgIpc) is 2.91. The Labute approximate surface area is 205 Å². The normalized spacial score (nSPS) is 17.2. The number of fused-ring (bicyclic) bond motifs is 1. The van der Waals surface area contributed by atoms with Gasteiger partial charge in [-0.25, -0.2) is 10.6 Å². The van der Waals surface area contributed by atoms with E-state index >= 15 is 0 Å². The Bertz CT molecular complexity index is 1240. The number of anilines is 4. The lowest BCUT2D eigenvalue weighted by Crippen LogP contribution is -2.55. The Kier molecular flexibility index (Phi) is 7.73. The van der Waals surface area contributed by atoms with Gasteiger partial charge in [-0.2, -0.15) is 0 Å². The number of nitrogens with zero attached hydrogens (tertiary/aromatic N) is 8. The predicted octanol–water partition coefficient (Wildman–Crippen LogP) is 3.74. The molecule has 1 atom stereocenters. The molecule has 0 aliphatic carbocycles. The Morgan fingerprint density at radius 1 is 1.17 bits per heavy atom. The van der Waals surface area contributed by atoms with Crippen molar-refractivity contribution < 1.29 is 19.1 Å². The predicted molar refractivity (Wildman–Crippen MR) is 131 cm³/mol. The van der Waals surface area contributed by atoms with Gasteiger partial charge in [-0.3, -0.25) is 9.80 Å². The summed E-state index contributed by atoms with van der Waals surface area (Å²) < 4.78 is 10.4. The van der Waals surface area contributed by atoms with E-state index in [1.54, 1.807) is 36.4 Å². The first kappa shape index (κ1) is 24.6. The van der Waals surface area contributed by atoms with Gasteiger partial charge in [-0.05, 0) is 60.3 Å². The molecule has 0 unspecified atom stereocenters. The number of benzene rings is 2. The van der Waals surface area contributed by atoms with Crippen LogP contribution >= 0.6 is 0 Å². The van der Waals surface area contributed by atoms with E-state index in [0.29, 0.717) is 30.3 Å². The highest BCUT2D eigenvalue weighted by Crippen LogP contribution is 2.39. The highest BCUT2D eigenvalue weighted by atomic mass is 16.5. The summed E-state index contributed by atoms with van der Waals surface area (Å²) >= 11 is 0. The SMILES string of the molecule is [N-]=[N+]=NCOC(=O)c1cccc(N(N)c2ccc3c(c2)N(C2CCOCC2)[C@H](CN=[N+]=[N-])C(=O)N3)c1. The lowest BCUT2D eigenvalue weighted by atomic mass is 9.99. The van der Waals surface area contributed by atoms with Crippen molar-refractivity contribution in [1.29, 1.82) is 0 Å². The van der Waals surface area contributed by atoms with Crippen molar-refractivity contribution in [2.24, 2.45) is 16.1 Å². The van der Waals surface area contributed by atoms with Crippen LogP contribution in [0.25, 0.3) is 20.9 Å². The Morgan fingerprint density at radius 3 is 2.67 bits per heavy atom. The summed E-state index contributed by atoms with van der Waals surface area (Å²) in [5.41, 5.74) is 19.9. The summed E-state index contributed by atoms with van der Waals surface area (Å²) in [4.78, 5) is 32.5. The number of rotatable bonds is 8. The molecule has 0 spiro atoms. The zero-order valence-corrected chi connectivity index (χ0v) is 19.2. The van der Waals surface area contributed by atoms with Crippen LogP contribution in [0.5, 0.6) is 0 Å². The standard InChI is InChI=1S/C22H24N10O4/c23-29-26-12-20-21(33)28-18-5-4-17(11-19(18)31(20)15-6-8-35-9-7-15)32(25)16-3-1-2-14(10-16)22(34)36-13-27-30-24/h1-5,10-11,15,20H,6-9,12-13,25H2,(H,28,33)/t20-/m1/s1. The van der Waals surface area contributed by atoms with Gasteiger partial charge in [0.05, 0.1) is 34.9 Å². The van der Waals surface area contributed by atoms with E-state index in [1.807, 2.05) is 11.0 Å². The fourth-order valence-corrected chi connectivity index (χ4v) is 4.33. The zero-order chi connectivity index (χ0) is 25.5. The molecule has 0 aromatic heterocycles. The molecule has 1 amide bonds. The van der Waals surface area contributed by atoms with Crippen LogP contribution < -0.4 is 21.1 Å². The lowest BCUT2D eigenvalue weighted by molar-refractivity contribution is -0.117. The number of carbonyl (C=O) groups is 2. The van der Waals surface area contributed by atoms with E-state index in [9.17, 15) is 9.59 Å². The molecule has 0 saturated carbocycles. The number of hydrogen-bond acceptors (Lipinski definition) is 9. The van der Waals surface area contributed by atoms with Gasteiger partial charge in [0.2, 0.25) is 5.91 Å². The molecule has 14 nitrogen and oxygen atoms in total. The average molecular weight is 493 g/mol. The largest absolute Gasteiger partial charge is 0.456 e. The first-order chi connectivity index (χ1) is 17.5. The number of amides is 1. The van der Waals surface area contributed by atoms with Crippen LogP contribution in [-0.4, -0.2) is 50.4 Å². The van der Waals surface area contributed by atoms with Gasteiger partial charge in [0.1, 0.15) is 6.04 Å². The van der Waals surface area contributed by atoms with Gasteiger partial charge >= 0.3 is 5.97 Å². The van der Waals surface area contributed by atoms with Crippen molar-refractivity contribution in [2.75, 3.05) is 41.7 Å². The van der Waals surface area contributed by atoms with Crippen LogP contribution in [0.2, 0.25) is 0 Å². The van der Waals surface area contributed by atoms with Crippen molar-refractivity contribution >= 4 is 34.6 Å². The summed E-state index contributed by atoms with van der Waals surface area (Å²) in [6, 6.07) is 11.2. The maximum absolute atomic E-state index is 12.9. The quantitative estimate of drug-likeness (QED) is 0.140. The molecule has 14 heteroatoms. The van der Waals surface area contributed by atoms with Crippen LogP contribution in [0.3, 0.4) is 0 Å². The molecule has 0 bridgehead atoms. The van der Waals surface area contributed by atoms with E-state index in [2.05, 4.69) is 25.4 Å². The molecule has 2 aliphatic rings. The van der Waals surface area contributed by atoms with Crippen LogP contribution in [0, 0.1) is 0 Å². The molecular weight excluding hydrogens is 468 g/mol. The summed E-state index contributed by atoms with van der Waals surface area (Å²) in [7, 11) is 0. The Balaban J connectivity index is 1.66. The van der Waals surface area contributed by atoms with Gasteiger partial charge < -0.3 is 19.7 Å². The number of ether oxygens (including phenoxy) is 2. The van der Waals surface area contributed by atoms with E-state index < -0.39 is 18.7 Å². The molecule has 1 saturated heterocycles. The minimum Gasteiger partial charge on any atom is -0.456 e. The second-order valence-corrected chi connectivity index (χ2v) is 8.08. The number of hydrazine groups is 1. The zero-order valence-electron chi connectivity index (χ0n) is 19.2. The second kappa shape index (κ2) is 11.3. The molecule has 36 heavy (non-hydrogen) atoms. The molecule has 186 valence electrons. The maximum atomic E-state index is 12.9. The maximum Gasteiger partial charge on any atom is 0.338 e. The van der Waals surface area contributed by atoms with Crippen LogP contribution in [-0.2, 0) is 14.3 Å². The van der Waals surface area contributed by atoms with Gasteiger partial charge in [0.15, 0.2) is 6.73 Å². The fourth-order valence-electron chi connectivity index (χ4n) is 4.33. The minimum absolute atomic E-state index is 0.0121. The molecule has 3 N–H and O–H groups in total. The van der Waals surface area contributed by atoms with Crippen molar-refractivity contribution in [3.8, 4) is 0 Å². The lowest BCUT2D eigenvalue weighted by Gasteiger charge is -2.44. The first-order valence-electron chi connectivity index (χ1n) is 11.2. The third kappa shape index (κ3) is 5.27. The number of azide groups is 2. The second-order valence-electron chi connectivity index (χ2n) is 8.08. The monoisotopic (exact) mass is 492 g/mol. The van der Waals surface area contributed by atoms with Gasteiger partial charge in [-0.1, -0.05) is 16.3 Å². The van der Waals surface area contributed by atoms with Crippen LogP contribution in [0.15, 0.2) is 52.7 Å². The molecule has 4 rings (SSSR count). The number of hydrogen-bond donors (Lipinski definition) is 2. The Hall–Kier alpha value is -4.48. The molecule has 2 aliphatic heterocycles. The summed E-state index contributed by atoms with van der Waals surface area (Å²) in [5, 5.41) is 11.2. The first-order valence-corrected chi connectivity index (χ1v) is 11.2. The topological polar surface area (TPSA) is 195 Å². The number of nitrogens with two attached hydrogens (primary N) is 1. The fraction of sp³-hybridized carbons (Fsp3) is 0.364. The Morgan fingerprint density at radius 2 is 1.92 bits per heavy atom. The molecule has 2 heterocycles. The van der Waals surface area contributed by atoms with E-state index in [-0.39, 0.29) is 24.1 Å². The number of nitrogens with one attached hydrogen (secondary N) is 1. The minimum atomic E-state index is -0.674. The van der Waals surface area contributed by atoms with Crippen LogP contribution in [0.4, 0.5) is 22.7 Å². The van der Waals surface area contributed by atoms with Gasteiger partial charge in [0.25, 0.3) is 0 Å². The molecular formula is C22H24N10O4. The molecule has 2 aromatic rings. The summed E-state index contributed by atoms with van der Waals surface area (Å²) in [5.74, 6) is 5.53. The van der Waals surface area contributed by atoms with E-state index in [0.717, 1.165) is 18.5 Å². The molecule has 1 fully saturated rings. The van der Waals surface area contributed by atoms with E-state index in [1.165, 1.54) is 5.01 Å². The van der Waals surface area contributed by atoms with Gasteiger partial charge in [0, 0.05) is 29.1 Å². The highest BCUT2D eigenvalue weighted by molar-refractivity contribution is 6.04. The van der Waals surface area contributed by atoms with Crippen LogP contribution in [0.1, 0.15) is 23.2 Å². The smallest absolute Gasteiger partial charge is 0.338 e. The van der Waals surface area contributed by atoms with Crippen molar-refractivity contribution in [1.82, 2.24) is 0 Å². The third-order valence-corrected chi connectivity index (χ3v) is 6.01. The number of esters is 1. The molecule has 0 radical (unpaired) electrons. The summed E-state index contributed by atoms with van der Waals surface area (Å²) in [6.07, 6.45) is 1.44. The number of carbonyl (C=O) groups excluding carboxylic acids is 2. The van der Waals surface area contributed by atoms with E-state index in [4.69, 9.17) is 26.4 Å². The third-order valence-electron chi connectivity index (χ3n) is 6.01. The summed E-state index contributed by atoms with van der Waals surface area (Å²) in [6.45, 7) is 0.701. The van der Waals surface area contributed by atoms with Crippen molar-refractivity contribution in [3.05, 3.63) is 68.9 Å². The van der Waals surface area contributed by atoms with Crippen molar-refractivity contribution in [3.63, 3.8) is 0 Å². The molecule has 2 aromatic carbocycles. The highest BCUT2D eigenvalue weighted by Gasteiger charge is 2.37. The van der Waals surface area contributed by atoms with Gasteiger partial charge in [-0.15, -0.1) is 0 Å².